The molecule has 0 aliphatic heterocycles. The molecule has 0 aliphatic carbocycles. The first-order valence-electron chi connectivity index (χ1n) is 34.9. The molecule has 0 bridgehead atoms. The van der Waals surface area contributed by atoms with Gasteiger partial charge in [-0.3, -0.25) is 14.4 Å². The molecule has 464 valence electrons. The van der Waals surface area contributed by atoms with Crippen LogP contribution in [0.3, 0.4) is 0 Å². The Morgan fingerprint density at radius 1 is 0.275 bits per heavy atom. The van der Waals surface area contributed by atoms with Gasteiger partial charge in [0, 0.05) is 12.8 Å². The van der Waals surface area contributed by atoms with E-state index in [-0.39, 0.29) is 31.6 Å². The largest absolute Gasteiger partial charge is 0.462 e. The number of hydrogen-bond acceptors (Lipinski definition) is 6. The number of rotatable bonds is 64. The summed E-state index contributed by atoms with van der Waals surface area (Å²) in [4.78, 5) is 38.2. The summed E-state index contributed by atoms with van der Waals surface area (Å²) in [6.07, 6.45) is 89.9. The van der Waals surface area contributed by atoms with Crippen molar-refractivity contribution in [1.82, 2.24) is 0 Å². The van der Waals surface area contributed by atoms with E-state index < -0.39 is 12.1 Å². The number of carbonyl (C=O) groups excluding carboxylic acids is 3. The summed E-state index contributed by atoms with van der Waals surface area (Å²) in [5.74, 6) is -1.02. The van der Waals surface area contributed by atoms with Crippen molar-refractivity contribution >= 4 is 17.9 Å². The predicted molar refractivity (Wildman–Crippen MR) is 348 cm³/mol. The summed E-state index contributed by atoms with van der Waals surface area (Å²) in [5, 5.41) is 0. The lowest BCUT2D eigenvalue weighted by atomic mass is 10.0. The molecule has 1 unspecified atom stereocenters. The molecule has 80 heavy (non-hydrogen) atoms. The zero-order chi connectivity index (χ0) is 57.8. The fraction of sp³-hybridized carbons (Fsp3) is 0.797. The maximum atomic E-state index is 12.8. The Bertz CT molecular complexity index is 1470. The second-order valence-corrected chi connectivity index (χ2v) is 23.4. The average Bonchev–Trinajstić information content (AvgIpc) is 3.46. The Labute approximate surface area is 497 Å². The van der Waals surface area contributed by atoms with E-state index in [9.17, 15) is 14.4 Å². The van der Waals surface area contributed by atoms with Crippen molar-refractivity contribution in [3.63, 3.8) is 0 Å². The average molecular weight is 1120 g/mol. The third kappa shape index (κ3) is 65.7. The van der Waals surface area contributed by atoms with Crippen LogP contribution in [0.2, 0.25) is 0 Å². The van der Waals surface area contributed by atoms with E-state index in [2.05, 4.69) is 81.5 Å². The van der Waals surface area contributed by atoms with Crippen molar-refractivity contribution in [1.29, 1.82) is 0 Å². The lowest BCUT2D eigenvalue weighted by Crippen LogP contribution is -2.30. The maximum absolute atomic E-state index is 12.8. The van der Waals surface area contributed by atoms with E-state index in [4.69, 9.17) is 14.2 Å². The molecule has 0 fully saturated rings. The Hall–Kier alpha value is -3.15. The lowest BCUT2D eigenvalue weighted by molar-refractivity contribution is -0.166. The van der Waals surface area contributed by atoms with Gasteiger partial charge in [0.15, 0.2) is 6.10 Å². The standard InChI is InChI=1S/C74H132O6/c1-4-7-10-13-16-19-22-25-27-28-29-30-31-32-33-34-35-36-37-38-39-40-41-42-43-44-45-46-48-49-52-55-58-61-64-67-73(76)79-70-71(69-78-72(75)66-63-60-57-54-51-24-21-18-15-12-9-6-3)80-74(77)68-65-62-59-56-53-50-47-26-23-20-17-14-11-8-5-2/h8,11,17,20,26,28-29,47,53,56,62,65,71H,4-7,9-10,12-16,18-19,21-25,27,30-46,48-52,54-55,57-61,63-64,66-70H2,1-3H3/b11-8-,20-17-,29-28-,47-26-,56-53-,65-62-. The summed E-state index contributed by atoms with van der Waals surface area (Å²) in [6, 6.07) is 0. The Morgan fingerprint density at radius 2 is 0.525 bits per heavy atom. The number of allylic oxidation sites excluding steroid dienone is 11. The molecule has 0 amide bonds. The fourth-order valence-electron chi connectivity index (χ4n) is 10.3. The molecule has 0 saturated carbocycles. The van der Waals surface area contributed by atoms with Gasteiger partial charge < -0.3 is 14.2 Å². The summed E-state index contributed by atoms with van der Waals surface area (Å²) < 4.78 is 16.8. The van der Waals surface area contributed by atoms with Crippen LogP contribution in [-0.4, -0.2) is 37.2 Å². The smallest absolute Gasteiger partial charge is 0.310 e. The normalized spacial score (nSPS) is 12.5. The highest BCUT2D eigenvalue weighted by Gasteiger charge is 2.19. The number of hydrogen-bond donors (Lipinski definition) is 0. The molecule has 6 nitrogen and oxygen atoms in total. The summed E-state index contributed by atoms with van der Waals surface area (Å²) in [6.45, 7) is 6.48. The zero-order valence-electron chi connectivity index (χ0n) is 53.3. The van der Waals surface area contributed by atoms with Gasteiger partial charge in [-0.05, 0) is 70.6 Å². The highest BCUT2D eigenvalue weighted by molar-refractivity contribution is 5.72. The van der Waals surface area contributed by atoms with Gasteiger partial charge in [0.1, 0.15) is 13.2 Å². The van der Waals surface area contributed by atoms with Gasteiger partial charge in [-0.25, -0.2) is 0 Å². The molecule has 0 aromatic heterocycles. The quantitative estimate of drug-likeness (QED) is 0.0261. The third-order valence-electron chi connectivity index (χ3n) is 15.5. The van der Waals surface area contributed by atoms with Gasteiger partial charge in [-0.2, -0.15) is 0 Å². The number of esters is 3. The second-order valence-electron chi connectivity index (χ2n) is 23.4. The van der Waals surface area contributed by atoms with Crippen LogP contribution in [0.1, 0.15) is 361 Å². The van der Waals surface area contributed by atoms with Gasteiger partial charge in [0.05, 0.1) is 6.42 Å². The maximum Gasteiger partial charge on any atom is 0.310 e. The van der Waals surface area contributed by atoms with Gasteiger partial charge in [-0.15, -0.1) is 0 Å². The minimum atomic E-state index is -0.827. The van der Waals surface area contributed by atoms with Gasteiger partial charge in [-0.1, -0.05) is 344 Å². The molecule has 0 rings (SSSR count). The SMILES string of the molecule is CC/C=C\C/C=C\C/C=C\C/C=C\C/C=C\CC(=O)OC(COC(=O)CCCCCCCCCCCCCC)COC(=O)CCCCCCCCCCCCCCCCCCCCCCCCC/C=C\CCCCCCCCCC. The van der Waals surface area contributed by atoms with E-state index in [0.717, 1.165) is 70.6 Å². The van der Waals surface area contributed by atoms with Crippen molar-refractivity contribution in [3.05, 3.63) is 72.9 Å². The summed E-state index contributed by atoms with van der Waals surface area (Å²) in [5.41, 5.74) is 0. The van der Waals surface area contributed by atoms with Crippen molar-refractivity contribution in [2.45, 2.75) is 367 Å². The van der Waals surface area contributed by atoms with E-state index >= 15 is 0 Å². The summed E-state index contributed by atoms with van der Waals surface area (Å²) >= 11 is 0. The van der Waals surface area contributed by atoms with Gasteiger partial charge in [0.25, 0.3) is 0 Å². The molecule has 0 aliphatic rings. The Morgan fingerprint density at radius 3 is 0.812 bits per heavy atom. The van der Waals surface area contributed by atoms with Crippen LogP contribution in [0.15, 0.2) is 72.9 Å². The predicted octanol–water partition coefficient (Wildman–Crippen LogP) is 24.1. The second kappa shape index (κ2) is 68.3. The molecule has 0 spiro atoms. The topological polar surface area (TPSA) is 78.9 Å². The molecule has 0 aromatic carbocycles. The highest BCUT2D eigenvalue weighted by atomic mass is 16.6. The number of unbranched alkanes of at least 4 members (excludes halogenated alkanes) is 42. The Balaban J connectivity index is 4.09. The van der Waals surface area contributed by atoms with Crippen LogP contribution < -0.4 is 0 Å². The monoisotopic (exact) mass is 1120 g/mol. The van der Waals surface area contributed by atoms with Crippen molar-refractivity contribution in [2.75, 3.05) is 13.2 Å². The summed E-state index contributed by atoms with van der Waals surface area (Å²) in [7, 11) is 0. The van der Waals surface area contributed by atoms with E-state index in [1.165, 1.54) is 250 Å². The highest BCUT2D eigenvalue weighted by Crippen LogP contribution is 2.18. The van der Waals surface area contributed by atoms with Crippen LogP contribution in [0, 0.1) is 0 Å². The minimum Gasteiger partial charge on any atom is -0.462 e. The molecule has 6 heteroatoms. The van der Waals surface area contributed by atoms with Crippen LogP contribution >= 0.6 is 0 Å². The molecule has 0 N–H and O–H groups in total. The van der Waals surface area contributed by atoms with Crippen molar-refractivity contribution in [3.8, 4) is 0 Å². The Kier molecular flexibility index (Phi) is 65.7. The third-order valence-corrected chi connectivity index (χ3v) is 15.5. The van der Waals surface area contributed by atoms with Gasteiger partial charge >= 0.3 is 17.9 Å². The molecular formula is C74H132O6. The lowest BCUT2D eigenvalue weighted by Gasteiger charge is -2.18. The van der Waals surface area contributed by atoms with Crippen LogP contribution in [-0.2, 0) is 28.6 Å². The van der Waals surface area contributed by atoms with E-state index in [1.54, 1.807) is 6.08 Å². The molecule has 0 aromatic rings. The fourth-order valence-corrected chi connectivity index (χ4v) is 10.3. The van der Waals surface area contributed by atoms with Crippen molar-refractivity contribution < 1.29 is 28.6 Å². The first-order valence-corrected chi connectivity index (χ1v) is 34.9. The zero-order valence-corrected chi connectivity index (χ0v) is 53.3. The van der Waals surface area contributed by atoms with Gasteiger partial charge in [0.2, 0.25) is 0 Å². The minimum absolute atomic E-state index is 0.101. The van der Waals surface area contributed by atoms with Crippen LogP contribution in [0.5, 0.6) is 0 Å². The first-order chi connectivity index (χ1) is 39.5. The van der Waals surface area contributed by atoms with Crippen LogP contribution in [0.25, 0.3) is 0 Å². The first kappa shape index (κ1) is 76.9. The number of carbonyl (C=O) groups is 3. The van der Waals surface area contributed by atoms with Crippen molar-refractivity contribution in [2.24, 2.45) is 0 Å². The molecule has 1 atom stereocenters. The van der Waals surface area contributed by atoms with Crippen LogP contribution in [0.4, 0.5) is 0 Å². The molecule has 0 saturated heterocycles. The van der Waals surface area contributed by atoms with E-state index in [1.807, 2.05) is 6.08 Å². The molecule has 0 heterocycles. The molecular weight excluding hydrogens is 985 g/mol. The number of ether oxygens (including phenoxy) is 3. The molecule has 0 radical (unpaired) electrons. The van der Waals surface area contributed by atoms with E-state index in [0.29, 0.717) is 12.8 Å².